The van der Waals surface area contributed by atoms with Crippen molar-refractivity contribution in [3.8, 4) is 0 Å². The summed E-state index contributed by atoms with van der Waals surface area (Å²) in [5.41, 5.74) is 0. The van der Waals surface area contributed by atoms with Gasteiger partial charge in [0.15, 0.2) is 0 Å². The van der Waals surface area contributed by atoms with Crippen molar-refractivity contribution < 1.29 is 4.74 Å². The first kappa shape index (κ1) is 14.3. The molecule has 2 aliphatic heterocycles. The summed E-state index contributed by atoms with van der Waals surface area (Å²) in [6, 6.07) is 0.712. The van der Waals surface area contributed by atoms with Crippen LogP contribution in [0, 0.1) is 0 Å². The predicted molar refractivity (Wildman–Crippen MR) is 75.0 cm³/mol. The molecule has 0 aromatic carbocycles. The van der Waals surface area contributed by atoms with Crippen LogP contribution < -0.4 is 5.32 Å². The number of ether oxygens (including phenoxy) is 1. The summed E-state index contributed by atoms with van der Waals surface area (Å²) in [5, 5.41) is 3.33. The highest BCUT2D eigenvalue weighted by atomic mass is 16.5. The van der Waals surface area contributed by atoms with Crippen LogP contribution in [0.2, 0.25) is 0 Å². The molecular formula is C14H29N3O. The second-order valence-electron chi connectivity index (χ2n) is 5.59. The average Bonchev–Trinajstić information content (AvgIpc) is 2.41. The molecule has 0 radical (unpaired) electrons. The van der Waals surface area contributed by atoms with E-state index in [0.717, 1.165) is 39.3 Å². The van der Waals surface area contributed by atoms with Crippen molar-refractivity contribution in [2.75, 3.05) is 52.9 Å². The Hall–Kier alpha value is -0.160. The Morgan fingerprint density at radius 3 is 2.94 bits per heavy atom. The van der Waals surface area contributed by atoms with Crippen LogP contribution in [-0.2, 0) is 4.74 Å². The summed E-state index contributed by atoms with van der Waals surface area (Å²) < 4.78 is 5.94. The van der Waals surface area contributed by atoms with E-state index in [-0.39, 0.29) is 0 Å². The molecule has 0 saturated carbocycles. The van der Waals surface area contributed by atoms with Gasteiger partial charge in [0.1, 0.15) is 0 Å². The highest BCUT2D eigenvalue weighted by Crippen LogP contribution is 2.18. The first-order valence-corrected chi connectivity index (χ1v) is 7.56. The normalized spacial score (nSPS) is 31.7. The molecule has 2 rings (SSSR count). The molecular weight excluding hydrogens is 226 g/mol. The van der Waals surface area contributed by atoms with E-state index in [1.165, 1.54) is 25.8 Å². The fraction of sp³-hybridized carbons (Fsp3) is 1.00. The summed E-state index contributed by atoms with van der Waals surface area (Å²) in [4.78, 5) is 5.15. The molecule has 2 heterocycles. The Morgan fingerprint density at radius 2 is 2.17 bits per heavy atom. The topological polar surface area (TPSA) is 27.7 Å². The Labute approximate surface area is 112 Å². The molecule has 18 heavy (non-hydrogen) atoms. The van der Waals surface area contributed by atoms with Gasteiger partial charge < -0.3 is 10.1 Å². The number of piperidine rings is 1. The lowest BCUT2D eigenvalue weighted by Gasteiger charge is -2.40. The third kappa shape index (κ3) is 3.92. The molecule has 4 nitrogen and oxygen atoms in total. The van der Waals surface area contributed by atoms with Gasteiger partial charge in [-0.05, 0) is 33.0 Å². The zero-order valence-corrected chi connectivity index (χ0v) is 12.0. The molecule has 4 heteroatoms. The van der Waals surface area contributed by atoms with E-state index in [4.69, 9.17) is 4.74 Å². The monoisotopic (exact) mass is 255 g/mol. The van der Waals surface area contributed by atoms with Gasteiger partial charge >= 0.3 is 0 Å². The summed E-state index contributed by atoms with van der Waals surface area (Å²) in [5.74, 6) is 0. The number of nitrogens with one attached hydrogen (secondary N) is 1. The van der Waals surface area contributed by atoms with Crippen molar-refractivity contribution in [3.05, 3.63) is 0 Å². The van der Waals surface area contributed by atoms with Gasteiger partial charge in [0.2, 0.25) is 0 Å². The first-order chi connectivity index (χ1) is 8.83. The highest BCUT2D eigenvalue weighted by Gasteiger charge is 2.27. The van der Waals surface area contributed by atoms with Crippen LogP contribution in [0.1, 0.15) is 26.2 Å². The standard InChI is InChI=1S/C14H29N3O/c1-3-16-8-9-18-14(11-16)12-17-7-5-4-6-13(17)10-15-2/h13-15H,3-12H2,1-2H3. The van der Waals surface area contributed by atoms with E-state index in [2.05, 4.69) is 29.1 Å². The Kier molecular flexibility index (Phi) is 5.89. The van der Waals surface area contributed by atoms with Crippen molar-refractivity contribution >= 4 is 0 Å². The Bertz CT molecular complexity index is 235. The van der Waals surface area contributed by atoms with E-state index < -0.39 is 0 Å². The van der Waals surface area contributed by atoms with Crippen molar-refractivity contribution in [1.29, 1.82) is 0 Å². The minimum atomic E-state index is 0.413. The lowest BCUT2D eigenvalue weighted by molar-refractivity contribution is -0.0505. The first-order valence-electron chi connectivity index (χ1n) is 7.56. The van der Waals surface area contributed by atoms with Crippen LogP contribution in [0.5, 0.6) is 0 Å². The summed E-state index contributed by atoms with van der Waals surface area (Å²) in [6.07, 6.45) is 4.49. The van der Waals surface area contributed by atoms with E-state index >= 15 is 0 Å². The van der Waals surface area contributed by atoms with Crippen molar-refractivity contribution in [2.45, 2.75) is 38.3 Å². The smallest absolute Gasteiger partial charge is 0.0829 e. The van der Waals surface area contributed by atoms with Gasteiger partial charge in [-0.3, -0.25) is 9.80 Å². The quantitative estimate of drug-likeness (QED) is 0.786. The number of likely N-dealkylation sites (tertiary alicyclic amines) is 1. The van der Waals surface area contributed by atoms with E-state index in [9.17, 15) is 0 Å². The number of rotatable bonds is 5. The van der Waals surface area contributed by atoms with Crippen LogP contribution in [0.15, 0.2) is 0 Å². The Morgan fingerprint density at radius 1 is 1.28 bits per heavy atom. The molecule has 0 aromatic heterocycles. The zero-order valence-electron chi connectivity index (χ0n) is 12.0. The van der Waals surface area contributed by atoms with Gasteiger partial charge in [0.25, 0.3) is 0 Å². The maximum atomic E-state index is 5.94. The van der Waals surface area contributed by atoms with Gasteiger partial charge in [-0.1, -0.05) is 13.3 Å². The van der Waals surface area contributed by atoms with Gasteiger partial charge in [-0.25, -0.2) is 0 Å². The molecule has 2 fully saturated rings. The predicted octanol–water partition coefficient (Wildman–Crippen LogP) is 0.781. The fourth-order valence-electron chi connectivity index (χ4n) is 3.21. The molecule has 106 valence electrons. The second-order valence-corrected chi connectivity index (χ2v) is 5.59. The summed E-state index contributed by atoms with van der Waals surface area (Å²) in [7, 11) is 2.06. The summed E-state index contributed by atoms with van der Waals surface area (Å²) in [6.45, 7) is 9.99. The molecule has 2 aliphatic rings. The number of hydrogen-bond acceptors (Lipinski definition) is 4. The molecule has 2 atom stereocenters. The molecule has 0 aliphatic carbocycles. The zero-order chi connectivity index (χ0) is 12.8. The number of likely N-dealkylation sites (N-methyl/N-ethyl adjacent to an activating group) is 2. The van der Waals surface area contributed by atoms with Gasteiger partial charge in [-0.15, -0.1) is 0 Å². The maximum Gasteiger partial charge on any atom is 0.0829 e. The number of nitrogens with zero attached hydrogens (tertiary/aromatic N) is 2. The lowest BCUT2D eigenvalue weighted by atomic mass is 10.0. The van der Waals surface area contributed by atoms with E-state index in [1.54, 1.807) is 0 Å². The third-order valence-electron chi connectivity index (χ3n) is 4.30. The molecule has 0 spiro atoms. The fourth-order valence-corrected chi connectivity index (χ4v) is 3.21. The molecule has 0 aromatic rings. The molecule has 2 unspecified atom stereocenters. The minimum Gasteiger partial charge on any atom is -0.374 e. The Balaban J connectivity index is 1.82. The minimum absolute atomic E-state index is 0.413. The van der Waals surface area contributed by atoms with E-state index in [0.29, 0.717) is 12.1 Å². The SMILES string of the molecule is CCN1CCOC(CN2CCCCC2CNC)C1. The van der Waals surface area contributed by atoms with Crippen LogP contribution in [0.25, 0.3) is 0 Å². The summed E-state index contributed by atoms with van der Waals surface area (Å²) >= 11 is 0. The molecule has 2 saturated heterocycles. The van der Waals surface area contributed by atoms with E-state index in [1.807, 2.05) is 0 Å². The molecule has 1 N–H and O–H groups in total. The van der Waals surface area contributed by atoms with Crippen molar-refractivity contribution in [3.63, 3.8) is 0 Å². The van der Waals surface area contributed by atoms with Crippen LogP contribution in [0.3, 0.4) is 0 Å². The molecule has 0 bridgehead atoms. The van der Waals surface area contributed by atoms with Gasteiger partial charge in [0.05, 0.1) is 12.7 Å². The molecule has 0 amide bonds. The van der Waals surface area contributed by atoms with Crippen LogP contribution in [0.4, 0.5) is 0 Å². The van der Waals surface area contributed by atoms with Crippen LogP contribution in [-0.4, -0.2) is 74.9 Å². The second kappa shape index (κ2) is 7.43. The van der Waals surface area contributed by atoms with Gasteiger partial charge in [-0.2, -0.15) is 0 Å². The third-order valence-corrected chi connectivity index (χ3v) is 4.30. The maximum absolute atomic E-state index is 5.94. The number of hydrogen-bond donors (Lipinski definition) is 1. The van der Waals surface area contributed by atoms with Gasteiger partial charge in [0, 0.05) is 32.2 Å². The lowest BCUT2D eigenvalue weighted by Crippen LogP contribution is -2.52. The average molecular weight is 255 g/mol. The van der Waals surface area contributed by atoms with Crippen molar-refractivity contribution in [2.24, 2.45) is 0 Å². The number of morpholine rings is 1. The van der Waals surface area contributed by atoms with Crippen LogP contribution >= 0.6 is 0 Å². The largest absolute Gasteiger partial charge is 0.374 e. The van der Waals surface area contributed by atoms with Crippen molar-refractivity contribution in [1.82, 2.24) is 15.1 Å². The highest BCUT2D eigenvalue weighted by molar-refractivity contribution is 4.82.